The van der Waals surface area contributed by atoms with E-state index < -0.39 is 11.5 Å². The maximum absolute atomic E-state index is 11.5. The Morgan fingerprint density at radius 2 is 1.95 bits per heavy atom. The molecule has 4 atom stereocenters. The van der Waals surface area contributed by atoms with Crippen LogP contribution < -0.4 is 5.32 Å². The molecule has 0 aromatic carbocycles. The molecule has 2 aliphatic carbocycles. The Labute approximate surface area is 121 Å². The third-order valence-corrected chi connectivity index (χ3v) is 6.22. The highest BCUT2D eigenvalue weighted by molar-refractivity contribution is 5.79. The molecule has 2 N–H and O–H groups in total. The normalized spacial score (nSPS) is 42.4. The smallest absolute Gasteiger partial charge is 0.323 e. The first kappa shape index (κ1) is 14.3. The van der Waals surface area contributed by atoms with Gasteiger partial charge in [0, 0.05) is 12.6 Å². The third-order valence-electron chi connectivity index (χ3n) is 6.22. The summed E-state index contributed by atoms with van der Waals surface area (Å²) in [5.74, 6) is 1.16. The van der Waals surface area contributed by atoms with Gasteiger partial charge in [0.15, 0.2) is 0 Å². The maximum atomic E-state index is 11.5. The lowest BCUT2D eigenvalue weighted by molar-refractivity contribution is -0.144. The van der Waals surface area contributed by atoms with Crippen LogP contribution in [0.3, 0.4) is 0 Å². The number of likely N-dealkylation sites (N-methyl/N-ethyl adjacent to an activating group) is 1. The number of nitrogens with zero attached hydrogens (tertiary/aromatic N) is 1. The number of rotatable bonds is 3. The zero-order chi connectivity index (χ0) is 14.2. The minimum atomic E-state index is -0.673. The number of piperidine rings is 1. The van der Waals surface area contributed by atoms with Gasteiger partial charge in [0.25, 0.3) is 0 Å². The number of hydrogen-bond donors (Lipinski definition) is 2. The summed E-state index contributed by atoms with van der Waals surface area (Å²) in [7, 11) is 1.80. The van der Waals surface area contributed by atoms with Crippen LogP contribution in [0.4, 0.5) is 0 Å². The number of carbonyl (C=O) groups is 1. The van der Waals surface area contributed by atoms with E-state index in [1.54, 1.807) is 7.05 Å². The molecule has 20 heavy (non-hydrogen) atoms. The maximum Gasteiger partial charge on any atom is 0.323 e. The van der Waals surface area contributed by atoms with Crippen molar-refractivity contribution in [3.8, 4) is 0 Å². The molecule has 0 radical (unpaired) electrons. The van der Waals surface area contributed by atoms with Crippen LogP contribution in [0.1, 0.15) is 51.4 Å². The number of likely N-dealkylation sites (tertiary alicyclic amines) is 1. The van der Waals surface area contributed by atoms with Crippen molar-refractivity contribution in [2.45, 2.75) is 62.9 Å². The van der Waals surface area contributed by atoms with Crippen molar-refractivity contribution in [3.05, 3.63) is 0 Å². The van der Waals surface area contributed by atoms with E-state index in [-0.39, 0.29) is 0 Å². The van der Waals surface area contributed by atoms with E-state index in [9.17, 15) is 9.90 Å². The number of fused-ring (bicyclic) bond motifs is 1. The molecule has 3 aliphatic rings. The minimum Gasteiger partial charge on any atom is -0.480 e. The Balaban J connectivity index is 1.62. The number of aliphatic carboxylic acids is 1. The largest absolute Gasteiger partial charge is 0.480 e. The van der Waals surface area contributed by atoms with Gasteiger partial charge in [-0.3, -0.25) is 4.79 Å². The number of hydrogen-bond acceptors (Lipinski definition) is 3. The minimum absolute atomic E-state index is 0.474. The Kier molecular flexibility index (Phi) is 4.04. The van der Waals surface area contributed by atoms with E-state index in [0.717, 1.165) is 31.1 Å². The molecule has 0 amide bonds. The molecule has 0 aromatic heterocycles. The highest BCUT2D eigenvalue weighted by Gasteiger charge is 2.47. The van der Waals surface area contributed by atoms with Crippen LogP contribution in [0.25, 0.3) is 0 Å². The molecular weight excluding hydrogens is 252 g/mol. The molecule has 1 aliphatic heterocycles. The van der Waals surface area contributed by atoms with Crippen LogP contribution in [0.15, 0.2) is 0 Å². The molecule has 4 nitrogen and oxygen atoms in total. The third kappa shape index (κ3) is 2.48. The number of carboxylic acids is 1. The van der Waals surface area contributed by atoms with Crippen molar-refractivity contribution < 1.29 is 9.90 Å². The summed E-state index contributed by atoms with van der Waals surface area (Å²) in [4.78, 5) is 14.1. The average molecular weight is 280 g/mol. The zero-order valence-corrected chi connectivity index (χ0v) is 12.6. The molecule has 2 saturated carbocycles. The monoisotopic (exact) mass is 280 g/mol. The molecule has 4 unspecified atom stereocenters. The molecule has 3 fully saturated rings. The van der Waals surface area contributed by atoms with Gasteiger partial charge in [-0.25, -0.2) is 0 Å². The van der Waals surface area contributed by atoms with Gasteiger partial charge >= 0.3 is 5.97 Å². The molecular formula is C16H28N2O2. The summed E-state index contributed by atoms with van der Waals surface area (Å²) >= 11 is 0. The standard InChI is InChI=1S/C16H28N2O2/c1-17-16(15(19)20)8-6-14(10-16)18-9-7-12-4-2-3-5-13(12)11-18/h12-14,17H,2-11H2,1H3,(H,19,20). The lowest BCUT2D eigenvalue weighted by Crippen LogP contribution is -2.51. The van der Waals surface area contributed by atoms with Crippen LogP contribution in [0.2, 0.25) is 0 Å². The second kappa shape index (κ2) is 5.64. The lowest BCUT2D eigenvalue weighted by Gasteiger charge is -2.44. The highest BCUT2D eigenvalue weighted by Crippen LogP contribution is 2.40. The van der Waals surface area contributed by atoms with Crippen LogP contribution in [0.5, 0.6) is 0 Å². The van der Waals surface area contributed by atoms with Crippen molar-refractivity contribution >= 4 is 5.97 Å². The predicted octanol–water partition coefficient (Wildman–Crippen LogP) is 2.09. The molecule has 3 rings (SSSR count). The Morgan fingerprint density at radius 3 is 2.60 bits per heavy atom. The molecule has 114 valence electrons. The summed E-state index contributed by atoms with van der Waals surface area (Å²) in [5, 5.41) is 12.6. The molecule has 0 bridgehead atoms. The first-order valence-electron chi connectivity index (χ1n) is 8.31. The summed E-state index contributed by atoms with van der Waals surface area (Å²) in [6.45, 7) is 2.40. The Hall–Kier alpha value is -0.610. The van der Waals surface area contributed by atoms with Crippen molar-refractivity contribution in [3.63, 3.8) is 0 Å². The van der Waals surface area contributed by atoms with E-state index in [2.05, 4.69) is 10.2 Å². The fourth-order valence-corrected chi connectivity index (χ4v) is 4.82. The summed E-state index contributed by atoms with van der Waals surface area (Å²) in [6.07, 6.45) is 9.56. The Bertz CT molecular complexity index is 373. The van der Waals surface area contributed by atoms with E-state index in [1.165, 1.54) is 45.2 Å². The topological polar surface area (TPSA) is 52.6 Å². The van der Waals surface area contributed by atoms with Crippen molar-refractivity contribution in [1.82, 2.24) is 10.2 Å². The molecule has 1 saturated heterocycles. The zero-order valence-electron chi connectivity index (χ0n) is 12.6. The second-order valence-corrected chi connectivity index (χ2v) is 7.12. The van der Waals surface area contributed by atoms with Crippen molar-refractivity contribution in [1.29, 1.82) is 0 Å². The van der Waals surface area contributed by atoms with E-state index in [1.807, 2.05) is 0 Å². The summed E-state index contributed by atoms with van der Waals surface area (Å²) < 4.78 is 0. The van der Waals surface area contributed by atoms with Gasteiger partial charge in [-0.05, 0) is 57.5 Å². The fraction of sp³-hybridized carbons (Fsp3) is 0.938. The SMILES string of the molecule is CNC1(C(=O)O)CCC(N2CCC3CCCCC3C2)C1. The van der Waals surface area contributed by atoms with E-state index >= 15 is 0 Å². The molecule has 0 spiro atoms. The first-order valence-corrected chi connectivity index (χ1v) is 8.31. The van der Waals surface area contributed by atoms with Gasteiger partial charge in [-0.1, -0.05) is 19.3 Å². The van der Waals surface area contributed by atoms with Gasteiger partial charge in [-0.15, -0.1) is 0 Å². The van der Waals surface area contributed by atoms with E-state index in [4.69, 9.17) is 0 Å². The average Bonchev–Trinajstić information content (AvgIpc) is 2.92. The molecule has 0 aromatic rings. The molecule has 1 heterocycles. The summed E-state index contributed by atoms with van der Waals surface area (Å²) in [6, 6.07) is 0.474. The van der Waals surface area contributed by atoms with Gasteiger partial charge in [-0.2, -0.15) is 0 Å². The lowest BCUT2D eigenvalue weighted by atomic mass is 9.75. The summed E-state index contributed by atoms with van der Waals surface area (Å²) in [5.41, 5.74) is -0.673. The van der Waals surface area contributed by atoms with Gasteiger partial charge in [0.2, 0.25) is 0 Å². The van der Waals surface area contributed by atoms with Crippen LogP contribution in [-0.2, 0) is 4.79 Å². The van der Waals surface area contributed by atoms with Crippen LogP contribution in [-0.4, -0.2) is 47.7 Å². The van der Waals surface area contributed by atoms with Crippen molar-refractivity contribution in [2.24, 2.45) is 11.8 Å². The van der Waals surface area contributed by atoms with E-state index in [0.29, 0.717) is 6.04 Å². The highest BCUT2D eigenvalue weighted by atomic mass is 16.4. The van der Waals surface area contributed by atoms with Crippen molar-refractivity contribution in [2.75, 3.05) is 20.1 Å². The van der Waals surface area contributed by atoms with Gasteiger partial charge in [0.05, 0.1) is 0 Å². The predicted molar refractivity (Wildman–Crippen MR) is 78.7 cm³/mol. The number of nitrogens with one attached hydrogen (secondary N) is 1. The fourth-order valence-electron chi connectivity index (χ4n) is 4.82. The second-order valence-electron chi connectivity index (χ2n) is 7.12. The molecule has 4 heteroatoms. The quantitative estimate of drug-likeness (QED) is 0.831. The first-order chi connectivity index (χ1) is 9.64. The Morgan fingerprint density at radius 1 is 1.20 bits per heavy atom. The van der Waals surface area contributed by atoms with Crippen LogP contribution >= 0.6 is 0 Å². The van der Waals surface area contributed by atoms with Gasteiger partial charge in [0.1, 0.15) is 5.54 Å². The number of carboxylic acid groups (broad SMARTS) is 1. The van der Waals surface area contributed by atoms with Gasteiger partial charge < -0.3 is 15.3 Å². The van der Waals surface area contributed by atoms with Crippen LogP contribution in [0, 0.1) is 11.8 Å².